The van der Waals surface area contributed by atoms with Gasteiger partial charge < -0.3 is 9.79 Å². The van der Waals surface area contributed by atoms with E-state index in [1.165, 1.54) is 0 Å². The van der Waals surface area contributed by atoms with E-state index >= 15 is 0 Å². The highest BCUT2D eigenvalue weighted by atomic mass is 127. The predicted molar refractivity (Wildman–Crippen MR) is 73.5 cm³/mol. The van der Waals surface area contributed by atoms with Crippen LogP contribution in [0.1, 0.15) is 32.3 Å². The largest absolute Gasteiger partial charge is 0.335 e. The fourth-order valence-corrected chi connectivity index (χ4v) is 3.86. The normalized spacial score (nSPS) is 12.8. The van der Waals surface area contributed by atoms with Crippen LogP contribution in [-0.4, -0.2) is 9.79 Å². The molecule has 0 aliphatic carbocycles. The van der Waals surface area contributed by atoms with E-state index in [9.17, 15) is 14.4 Å². The Labute approximate surface area is 110 Å². The van der Waals surface area contributed by atoms with Gasteiger partial charge >= 0.3 is 7.60 Å². The third-order valence-corrected chi connectivity index (χ3v) is 5.77. The first-order chi connectivity index (χ1) is 7.37. The van der Waals surface area contributed by atoms with Gasteiger partial charge in [0, 0.05) is 3.57 Å². The first-order valence-corrected chi connectivity index (χ1v) is 7.88. The minimum absolute atomic E-state index is 0.438. The predicted octanol–water partition coefficient (Wildman–Crippen LogP) is 3.48. The standard InChI is InChI=1S/C11H16IO3P/c1-3-11(4-2,16(13,14)15)9-6-5-7-10(12)8-9/h5-8H,3-4H2,1-2H3,(H2,13,14,15). The maximum atomic E-state index is 11.7. The van der Waals surface area contributed by atoms with E-state index < -0.39 is 12.8 Å². The molecule has 0 spiro atoms. The highest BCUT2D eigenvalue weighted by molar-refractivity contribution is 14.1. The minimum Gasteiger partial charge on any atom is -0.324 e. The molecule has 0 amide bonds. The van der Waals surface area contributed by atoms with Crippen LogP contribution in [0.5, 0.6) is 0 Å². The summed E-state index contributed by atoms with van der Waals surface area (Å²) in [6.45, 7) is 3.64. The highest BCUT2D eigenvalue weighted by Crippen LogP contribution is 2.60. The summed E-state index contributed by atoms with van der Waals surface area (Å²) in [6, 6.07) is 7.41. The molecule has 0 unspecified atom stereocenters. The summed E-state index contributed by atoms with van der Waals surface area (Å²) in [7, 11) is -4.15. The summed E-state index contributed by atoms with van der Waals surface area (Å²) < 4.78 is 12.7. The lowest BCUT2D eigenvalue weighted by Gasteiger charge is -2.32. The van der Waals surface area contributed by atoms with Crippen molar-refractivity contribution in [3.8, 4) is 0 Å². The molecule has 0 saturated carbocycles. The molecule has 2 N–H and O–H groups in total. The average molecular weight is 354 g/mol. The molecule has 5 heteroatoms. The fourth-order valence-electron chi connectivity index (χ4n) is 2.02. The summed E-state index contributed by atoms with van der Waals surface area (Å²) in [4.78, 5) is 19.2. The van der Waals surface area contributed by atoms with Crippen LogP contribution in [-0.2, 0) is 9.72 Å². The molecule has 3 nitrogen and oxygen atoms in total. The summed E-state index contributed by atoms with van der Waals surface area (Å²) in [5.74, 6) is 0. The van der Waals surface area contributed by atoms with Crippen molar-refractivity contribution in [3.05, 3.63) is 33.4 Å². The molecule has 0 radical (unpaired) electrons. The lowest BCUT2D eigenvalue weighted by atomic mass is 9.93. The van der Waals surface area contributed by atoms with Gasteiger partial charge in [-0.25, -0.2) is 0 Å². The van der Waals surface area contributed by atoms with Crippen molar-refractivity contribution in [1.82, 2.24) is 0 Å². The number of hydrogen-bond donors (Lipinski definition) is 2. The zero-order valence-electron chi connectivity index (χ0n) is 9.35. The Morgan fingerprint density at radius 1 is 1.31 bits per heavy atom. The number of benzene rings is 1. The van der Waals surface area contributed by atoms with Crippen LogP contribution in [0, 0.1) is 3.57 Å². The zero-order valence-corrected chi connectivity index (χ0v) is 12.4. The molecule has 0 atom stereocenters. The lowest BCUT2D eigenvalue weighted by Crippen LogP contribution is -2.24. The molecule has 0 aliphatic rings. The van der Waals surface area contributed by atoms with Gasteiger partial charge in [0.25, 0.3) is 0 Å². The Balaban J connectivity index is 3.38. The van der Waals surface area contributed by atoms with Crippen molar-refractivity contribution in [3.63, 3.8) is 0 Å². The van der Waals surface area contributed by atoms with Crippen molar-refractivity contribution in [1.29, 1.82) is 0 Å². The Bertz CT molecular complexity index is 409. The second-order valence-electron chi connectivity index (χ2n) is 3.79. The van der Waals surface area contributed by atoms with Gasteiger partial charge in [0.2, 0.25) is 0 Å². The molecular weight excluding hydrogens is 338 g/mol. The van der Waals surface area contributed by atoms with Crippen LogP contribution < -0.4 is 0 Å². The average Bonchev–Trinajstić information content (AvgIpc) is 2.18. The van der Waals surface area contributed by atoms with Gasteiger partial charge in [0.05, 0.1) is 5.16 Å². The lowest BCUT2D eigenvalue weighted by molar-refractivity contribution is 0.315. The molecule has 1 aromatic rings. The van der Waals surface area contributed by atoms with E-state index in [0.29, 0.717) is 12.8 Å². The molecule has 0 aliphatic heterocycles. The van der Waals surface area contributed by atoms with E-state index in [-0.39, 0.29) is 0 Å². The molecular formula is C11H16IO3P. The van der Waals surface area contributed by atoms with Gasteiger partial charge in [-0.3, -0.25) is 4.57 Å². The van der Waals surface area contributed by atoms with Gasteiger partial charge in [-0.05, 0) is 53.1 Å². The van der Waals surface area contributed by atoms with E-state index in [4.69, 9.17) is 0 Å². The summed E-state index contributed by atoms with van der Waals surface area (Å²) in [5, 5.41) is -1.03. The van der Waals surface area contributed by atoms with E-state index in [1.807, 2.05) is 32.0 Å². The first-order valence-electron chi connectivity index (χ1n) is 5.19. The number of hydrogen-bond acceptors (Lipinski definition) is 1. The molecule has 1 aromatic carbocycles. The Kier molecular flexibility index (Phi) is 4.57. The smallest absolute Gasteiger partial charge is 0.324 e. The van der Waals surface area contributed by atoms with Crippen LogP contribution in [0.2, 0.25) is 0 Å². The molecule has 0 aromatic heterocycles. The van der Waals surface area contributed by atoms with Crippen molar-refractivity contribution in [2.75, 3.05) is 0 Å². The van der Waals surface area contributed by atoms with Crippen LogP contribution in [0.15, 0.2) is 24.3 Å². The maximum Gasteiger partial charge on any atom is 0.335 e. The van der Waals surface area contributed by atoms with Crippen LogP contribution in [0.3, 0.4) is 0 Å². The topological polar surface area (TPSA) is 57.5 Å². The van der Waals surface area contributed by atoms with E-state index in [1.54, 1.807) is 6.07 Å². The van der Waals surface area contributed by atoms with Crippen LogP contribution >= 0.6 is 30.2 Å². The maximum absolute atomic E-state index is 11.7. The third-order valence-electron chi connectivity index (χ3n) is 3.09. The number of rotatable bonds is 4. The molecule has 16 heavy (non-hydrogen) atoms. The second kappa shape index (κ2) is 5.17. The highest BCUT2D eigenvalue weighted by Gasteiger charge is 2.45. The van der Waals surface area contributed by atoms with Crippen molar-refractivity contribution >= 4 is 30.2 Å². The molecule has 0 saturated heterocycles. The Hall–Kier alpha value is 0.1000. The summed E-state index contributed by atoms with van der Waals surface area (Å²) in [5.41, 5.74) is 0.734. The van der Waals surface area contributed by atoms with Crippen molar-refractivity contribution in [2.45, 2.75) is 31.8 Å². The van der Waals surface area contributed by atoms with Gasteiger partial charge in [-0.2, -0.15) is 0 Å². The molecule has 0 heterocycles. The quantitative estimate of drug-likeness (QED) is 0.643. The van der Waals surface area contributed by atoms with Gasteiger partial charge in [-0.15, -0.1) is 0 Å². The number of halogens is 1. The second-order valence-corrected chi connectivity index (χ2v) is 6.98. The van der Waals surface area contributed by atoms with Crippen LogP contribution in [0.4, 0.5) is 0 Å². The van der Waals surface area contributed by atoms with Gasteiger partial charge in [-0.1, -0.05) is 26.0 Å². The van der Waals surface area contributed by atoms with Gasteiger partial charge in [0.15, 0.2) is 0 Å². The zero-order chi connectivity index (χ0) is 12.4. The van der Waals surface area contributed by atoms with Crippen molar-refractivity contribution < 1.29 is 14.4 Å². The monoisotopic (exact) mass is 354 g/mol. The molecule has 90 valence electrons. The van der Waals surface area contributed by atoms with Crippen molar-refractivity contribution in [2.24, 2.45) is 0 Å². The molecule has 0 bridgehead atoms. The first kappa shape index (κ1) is 14.2. The van der Waals surface area contributed by atoms with E-state index in [2.05, 4.69) is 22.6 Å². The minimum atomic E-state index is -4.15. The third kappa shape index (κ3) is 2.50. The molecule has 0 fully saturated rings. The Morgan fingerprint density at radius 2 is 1.88 bits per heavy atom. The fraction of sp³-hybridized carbons (Fsp3) is 0.455. The Morgan fingerprint density at radius 3 is 2.25 bits per heavy atom. The SMILES string of the molecule is CCC(CC)(c1cccc(I)c1)P(=O)(O)O. The van der Waals surface area contributed by atoms with Crippen LogP contribution in [0.25, 0.3) is 0 Å². The molecule has 1 rings (SSSR count). The van der Waals surface area contributed by atoms with Gasteiger partial charge in [0.1, 0.15) is 0 Å². The summed E-state index contributed by atoms with van der Waals surface area (Å²) in [6.07, 6.45) is 0.877. The van der Waals surface area contributed by atoms with E-state index in [0.717, 1.165) is 9.13 Å². The summed E-state index contributed by atoms with van der Waals surface area (Å²) >= 11 is 2.15.